The number of rotatable bonds is 3. The number of carbonyl (C=O) groups excluding carboxylic acids is 1. The molecule has 0 aromatic heterocycles. The Balaban J connectivity index is 1.63. The fraction of sp³-hybridized carbons (Fsp3) is 0.278. The van der Waals surface area contributed by atoms with Crippen LogP contribution in [0.2, 0.25) is 0 Å². The van der Waals surface area contributed by atoms with E-state index < -0.39 is 0 Å². The Morgan fingerprint density at radius 2 is 1.90 bits per heavy atom. The van der Waals surface area contributed by atoms with Gasteiger partial charge in [0, 0.05) is 25.2 Å². The molecule has 1 amide bonds. The highest BCUT2D eigenvalue weighted by molar-refractivity contribution is 5.77. The van der Waals surface area contributed by atoms with E-state index in [0.717, 1.165) is 30.6 Å². The van der Waals surface area contributed by atoms with Crippen LogP contribution in [0.25, 0.3) is 0 Å². The molecule has 1 heterocycles. The summed E-state index contributed by atoms with van der Waals surface area (Å²) in [7, 11) is 0. The summed E-state index contributed by atoms with van der Waals surface area (Å²) in [4.78, 5) is 14.3. The molecule has 0 saturated heterocycles. The number of nitrogen functional groups attached to an aromatic ring is 1. The van der Waals surface area contributed by atoms with Crippen LogP contribution in [0.3, 0.4) is 0 Å². The second-order valence-electron chi connectivity index (χ2n) is 5.54. The summed E-state index contributed by atoms with van der Waals surface area (Å²) in [6, 6.07) is 16.2. The second kappa shape index (κ2) is 6.00. The van der Waals surface area contributed by atoms with Gasteiger partial charge in [-0.25, -0.2) is 0 Å². The third kappa shape index (κ3) is 3.07. The molecule has 0 radical (unpaired) electrons. The van der Waals surface area contributed by atoms with Gasteiger partial charge >= 0.3 is 0 Å². The largest absolute Gasteiger partial charge is 0.398 e. The van der Waals surface area contributed by atoms with Crippen molar-refractivity contribution >= 4 is 11.6 Å². The second-order valence-corrected chi connectivity index (χ2v) is 5.54. The van der Waals surface area contributed by atoms with Crippen LogP contribution in [0.4, 0.5) is 5.69 Å². The van der Waals surface area contributed by atoms with Crippen LogP contribution in [0.5, 0.6) is 0 Å². The first kappa shape index (κ1) is 13.7. The molecule has 2 aromatic carbocycles. The van der Waals surface area contributed by atoms with Gasteiger partial charge in [-0.05, 0) is 35.6 Å². The van der Waals surface area contributed by atoms with Crippen molar-refractivity contribution < 1.29 is 4.79 Å². The highest BCUT2D eigenvalue weighted by Gasteiger charge is 2.21. The van der Waals surface area contributed by atoms with E-state index in [1.165, 1.54) is 11.1 Å². The minimum Gasteiger partial charge on any atom is -0.398 e. The number of benzene rings is 2. The Hall–Kier alpha value is -2.29. The van der Waals surface area contributed by atoms with Gasteiger partial charge in [-0.3, -0.25) is 4.79 Å². The zero-order chi connectivity index (χ0) is 14.7. The maximum absolute atomic E-state index is 12.4. The number of hydrogen-bond donors (Lipinski definition) is 1. The van der Waals surface area contributed by atoms with Crippen molar-refractivity contribution in [3.05, 3.63) is 65.2 Å². The average Bonchev–Trinajstić information content (AvgIpc) is 2.54. The van der Waals surface area contributed by atoms with Crippen LogP contribution >= 0.6 is 0 Å². The van der Waals surface area contributed by atoms with Crippen molar-refractivity contribution in [3.63, 3.8) is 0 Å². The van der Waals surface area contributed by atoms with E-state index >= 15 is 0 Å². The van der Waals surface area contributed by atoms with Gasteiger partial charge in [0.05, 0.1) is 0 Å². The van der Waals surface area contributed by atoms with Crippen LogP contribution in [0, 0.1) is 0 Å². The van der Waals surface area contributed by atoms with Gasteiger partial charge in [-0.2, -0.15) is 0 Å². The van der Waals surface area contributed by atoms with E-state index in [0.29, 0.717) is 13.0 Å². The summed E-state index contributed by atoms with van der Waals surface area (Å²) in [5.41, 5.74) is 10.4. The summed E-state index contributed by atoms with van der Waals surface area (Å²) in [6.45, 7) is 1.44. The predicted molar refractivity (Wildman–Crippen MR) is 84.7 cm³/mol. The first-order valence-corrected chi connectivity index (χ1v) is 7.42. The van der Waals surface area contributed by atoms with E-state index in [2.05, 4.69) is 18.2 Å². The fourth-order valence-electron chi connectivity index (χ4n) is 2.87. The van der Waals surface area contributed by atoms with Gasteiger partial charge in [0.2, 0.25) is 5.91 Å². The van der Waals surface area contributed by atoms with Gasteiger partial charge in [0.1, 0.15) is 0 Å². The lowest BCUT2D eigenvalue weighted by Gasteiger charge is -2.29. The molecule has 0 aliphatic carbocycles. The highest BCUT2D eigenvalue weighted by atomic mass is 16.2. The molecule has 0 bridgehead atoms. The Morgan fingerprint density at radius 3 is 2.71 bits per heavy atom. The zero-order valence-corrected chi connectivity index (χ0v) is 12.1. The fourth-order valence-corrected chi connectivity index (χ4v) is 2.87. The molecule has 2 aromatic rings. The molecule has 0 fully saturated rings. The summed E-state index contributed by atoms with van der Waals surface area (Å²) in [5.74, 6) is 0.216. The summed E-state index contributed by atoms with van der Waals surface area (Å²) in [5, 5.41) is 0. The van der Waals surface area contributed by atoms with Crippen LogP contribution in [-0.2, 0) is 24.2 Å². The molecular formula is C18H20N2O. The van der Waals surface area contributed by atoms with Crippen LogP contribution in [0.15, 0.2) is 48.5 Å². The number of amides is 1. The van der Waals surface area contributed by atoms with Crippen molar-refractivity contribution in [3.8, 4) is 0 Å². The molecule has 2 N–H and O–H groups in total. The first-order valence-electron chi connectivity index (χ1n) is 7.42. The number of fused-ring (bicyclic) bond motifs is 1. The van der Waals surface area contributed by atoms with Gasteiger partial charge in [0.25, 0.3) is 0 Å². The van der Waals surface area contributed by atoms with Gasteiger partial charge in [0.15, 0.2) is 0 Å². The number of hydrogen-bond acceptors (Lipinski definition) is 2. The summed E-state index contributed by atoms with van der Waals surface area (Å²) >= 11 is 0. The number of nitrogens with two attached hydrogens (primary N) is 1. The molecule has 0 atom stereocenters. The third-order valence-corrected chi connectivity index (χ3v) is 4.13. The maximum Gasteiger partial charge on any atom is 0.223 e. The quantitative estimate of drug-likeness (QED) is 0.879. The Labute approximate surface area is 125 Å². The molecule has 0 saturated carbocycles. The van der Waals surface area contributed by atoms with Gasteiger partial charge in [-0.15, -0.1) is 0 Å². The van der Waals surface area contributed by atoms with Crippen LogP contribution in [0.1, 0.15) is 23.1 Å². The zero-order valence-electron chi connectivity index (χ0n) is 12.1. The average molecular weight is 280 g/mol. The molecular weight excluding hydrogens is 260 g/mol. The van der Waals surface area contributed by atoms with Gasteiger partial charge in [-0.1, -0.05) is 42.5 Å². The topological polar surface area (TPSA) is 46.3 Å². The van der Waals surface area contributed by atoms with E-state index in [-0.39, 0.29) is 5.91 Å². The van der Waals surface area contributed by atoms with Crippen molar-refractivity contribution in [2.24, 2.45) is 0 Å². The van der Waals surface area contributed by atoms with Gasteiger partial charge < -0.3 is 10.6 Å². The number of aryl methyl sites for hydroxylation is 1. The van der Waals surface area contributed by atoms with Crippen LogP contribution < -0.4 is 5.73 Å². The summed E-state index contributed by atoms with van der Waals surface area (Å²) < 4.78 is 0. The standard InChI is InChI=1S/C18H20N2O/c19-17-8-4-7-15-11-12-20(13-16(15)17)18(21)10-9-14-5-2-1-3-6-14/h1-8H,9-13,19H2. The predicted octanol–water partition coefficient (Wildman–Crippen LogP) is 2.79. The minimum absolute atomic E-state index is 0.216. The normalized spacial score (nSPS) is 13.8. The van der Waals surface area contributed by atoms with Crippen molar-refractivity contribution in [2.75, 3.05) is 12.3 Å². The van der Waals surface area contributed by atoms with E-state index in [4.69, 9.17) is 5.73 Å². The highest BCUT2D eigenvalue weighted by Crippen LogP contribution is 2.24. The molecule has 1 aliphatic rings. The van der Waals surface area contributed by atoms with Crippen molar-refractivity contribution in [1.29, 1.82) is 0 Å². The molecule has 3 rings (SSSR count). The third-order valence-electron chi connectivity index (χ3n) is 4.13. The summed E-state index contributed by atoms with van der Waals surface area (Å²) in [6.07, 6.45) is 2.26. The Kier molecular flexibility index (Phi) is 3.91. The molecule has 0 spiro atoms. The molecule has 3 nitrogen and oxygen atoms in total. The molecule has 108 valence electrons. The lowest BCUT2D eigenvalue weighted by Crippen LogP contribution is -2.36. The van der Waals surface area contributed by atoms with E-state index in [1.54, 1.807) is 0 Å². The van der Waals surface area contributed by atoms with Crippen molar-refractivity contribution in [2.45, 2.75) is 25.8 Å². The Bertz CT molecular complexity index is 637. The molecule has 3 heteroatoms. The van der Waals surface area contributed by atoms with E-state index in [1.807, 2.05) is 35.2 Å². The smallest absolute Gasteiger partial charge is 0.223 e. The molecule has 1 aliphatic heterocycles. The lowest BCUT2D eigenvalue weighted by molar-refractivity contribution is -0.132. The first-order chi connectivity index (χ1) is 10.2. The van der Waals surface area contributed by atoms with Crippen molar-refractivity contribution in [1.82, 2.24) is 4.90 Å². The molecule has 0 unspecified atom stereocenters. The Morgan fingerprint density at radius 1 is 1.10 bits per heavy atom. The number of nitrogens with zero attached hydrogens (tertiary/aromatic N) is 1. The SMILES string of the molecule is Nc1cccc2c1CN(C(=O)CCc1ccccc1)CC2. The molecule has 21 heavy (non-hydrogen) atoms. The van der Waals surface area contributed by atoms with Crippen LogP contribution in [-0.4, -0.2) is 17.4 Å². The number of carbonyl (C=O) groups is 1. The monoisotopic (exact) mass is 280 g/mol. The minimum atomic E-state index is 0.216. The number of anilines is 1. The van der Waals surface area contributed by atoms with E-state index in [9.17, 15) is 4.79 Å². The maximum atomic E-state index is 12.4. The lowest BCUT2D eigenvalue weighted by atomic mass is 9.97.